The monoisotopic (exact) mass is 334 g/mol. The van der Waals surface area contributed by atoms with Crippen molar-refractivity contribution in [2.45, 2.75) is 12.8 Å². The summed E-state index contributed by atoms with van der Waals surface area (Å²) in [6.45, 7) is 0. The van der Waals surface area contributed by atoms with Crippen LogP contribution in [-0.2, 0) is 11.2 Å². The number of aryl methyl sites for hydroxylation is 1. The standard InChI is InChI=1S/C16H15ClN2O4/c1-23-15-7-6-13(19(21)22)10-14(15)18-16(20)8-5-11-3-2-4-12(17)9-11/h2-4,6-7,9-10H,5,8H2,1H3,(H,18,20). The molecule has 0 aliphatic heterocycles. The van der Waals surface area contributed by atoms with Crippen molar-refractivity contribution in [1.29, 1.82) is 0 Å². The molecule has 0 bridgehead atoms. The van der Waals surface area contributed by atoms with Crippen molar-refractivity contribution in [3.63, 3.8) is 0 Å². The summed E-state index contributed by atoms with van der Waals surface area (Å²) in [5.41, 5.74) is 1.10. The van der Waals surface area contributed by atoms with Crippen molar-refractivity contribution in [2.24, 2.45) is 0 Å². The Kier molecular flexibility index (Phi) is 5.54. The number of benzene rings is 2. The van der Waals surface area contributed by atoms with Gasteiger partial charge in [0.25, 0.3) is 5.69 Å². The molecule has 1 N–H and O–H groups in total. The van der Waals surface area contributed by atoms with Crippen LogP contribution in [-0.4, -0.2) is 17.9 Å². The summed E-state index contributed by atoms with van der Waals surface area (Å²) in [5, 5.41) is 14.1. The lowest BCUT2D eigenvalue weighted by molar-refractivity contribution is -0.384. The average Bonchev–Trinajstić information content (AvgIpc) is 2.53. The third-order valence-corrected chi connectivity index (χ3v) is 3.43. The number of nitro groups is 1. The maximum absolute atomic E-state index is 12.1. The summed E-state index contributed by atoms with van der Waals surface area (Å²) in [6, 6.07) is 11.3. The number of rotatable bonds is 6. The third kappa shape index (κ3) is 4.69. The minimum absolute atomic E-state index is 0.115. The molecular weight excluding hydrogens is 320 g/mol. The van der Waals surface area contributed by atoms with Gasteiger partial charge in [0.2, 0.25) is 5.91 Å². The number of halogens is 1. The Labute approximate surface area is 138 Å². The topological polar surface area (TPSA) is 81.5 Å². The molecule has 0 aromatic heterocycles. The summed E-state index contributed by atoms with van der Waals surface area (Å²) in [7, 11) is 1.43. The fraction of sp³-hybridized carbons (Fsp3) is 0.188. The highest BCUT2D eigenvalue weighted by molar-refractivity contribution is 6.30. The number of carbonyl (C=O) groups excluding carboxylic acids is 1. The highest BCUT2D eigenvalue weighted by Gasteiger charge is 2.13. The van der Waals surface area contributed by atoms with Gasteiger partial charge < -0.3 is 10.1 Å². The highest BCUT2D eigenvalue weighted by atomic mass is 35.5. The summed E-state index contributed by atoms with van der Waals surface area (Å²) < 4.78 is 5.10. The lowest BCUT2D eigenvalue weighted by atomic mass is 10.1. The minimum atomic E-state index is -0.527. The van der Waals surface area contributed by atoms with Crippen LogP contribution in [0.15, 0.2) is 42.5 Å². The van der Waals surface area contributed by atoms with E-state index in [4.69, 9.17) is 16.3 Å². The Morgan fingerprint density at radius 1 is 1.30 bits per heavy atom. The van der Waals surface area contributed by atoms with Gasteiger partial charge in [-0.1, -0.05) is 23.7 Å². The van der Waals surface area contributed by atoms with Crippen LogP contribution in [0.4, 0.5) is 11.4 Å². The first-order valence-corrected chi connectivity index (χ1v) is 7.24. The molecule has 6 nitrogen and oxygen atoms in total. The molecule has 2 aromatic carbocycles. The van der Waals surface area contributed by atoms with E-state index in [1.807, 2.05) is 12.1 Å². The van der Waals surface area contributed by atoms with E-state index in [1.165, 1.54) is 25.3 Å². The Bertz CT molecular complexity index is 734. The second kappa shape index (κ2) is 7.60. The first-order chi connectivity index (χ1) is 11.0. The number of nitro benzene ring substituents is 1. The maximum Gasteiger partial charge on any atom is 0.271 e. The molecule has 0 heterocycles. The number of non-ortho nitro benzene ring substituents is 1. The molecule has 1 amide bonds. The fourth-order valence-electron chi connectivity index (χ4n) is 2.07. The van der Waals surface area contributed by atoms with Crippen LogP contribution in [0.5, 0.6) is 5.75 Å². The van der Waals surface area contributed by atoms with E-state index in [0.29, 0.717) is 17.2 Å². The van der Waals surface area contributed by atoms with E-state index in [-0.39, 0.29) is 23.7 Å². The van der Waals surface area contributed by atoms with Crippen molar-refractivity contribution >= 4 is 28.9 Å². The Morgan fingerprint density at radius 3 is 2.74 bits per heavy atom. The van der Waals surface area contributed by atoms with Crippen LogP contribution in [0, 0.1) is 10.1 Å². The second-order valence-electron chi connectivity index (χ2n) is 4.82. The summed E-state index contributed by atoms with van der Waals surface area (Å²) >= 11 is 5.90. The van der Waals surface area contributed by atoms with Crippen LogP contribution in [0.3, 0.4) is 0 Å². The van der Waals surface area contributed by atoms with Crippen LogP contribution in [0.2, 0.25) is 5.02 Å². The molecule has 0 spiro atoms. The predicted octanol–water partition coefficient (Wildman–Crippen LogP) is 3.83. The molecule has 0 atom stereocenters. The first-order valence-electron chi connectivity index (χ1n) is 6.86. The first kappa shape index (κ1) is 16.8. The smallest absolute Gasteiger partial charge is 0.271 e. The van der Waals surface area contributed by atoms with Gasteiger partial charge in [-0.3, -0.25) is 14.9 Å². The number of methoxy groups -OCH3 is 1. The zero-order valence-electron chi connectivity index (χ0n) is 12.4. The molecule has 2 aromatic rings. The van der Waals surface area contributed by atoms with Gasteiger partial charge in [-0.05, 0) is 30.2 Å². The molecule has 7 heteroatoms. The Balaban J connectivity index is 2.04. The number of anilines is 1. The minimum Gasteiger partial charge on any atom is -0.495 e. The Hall–Kier alpha value is -2.60. The van der Waals surface area contributed by atoms with E-state index in [2.05, 4.69) is 5.32 Å². The predicted molar refractivity (Wildman–Crippen MR) is 88.1 cm³/mol. The molecule has 0 saturated carbocycles. The molecule has 0 saturated heterocycles. The molecule has 0 fully saturated rings. The molecule has 0 radical (unpaired) electrons. The number of hydrogen-bond acceptors (Lipinski definition) is 4. The lowest BCUT2D eigenvalue weighted by Gasteiger charge is -2.10. The highest BCUT2D eigenvalue weighted by Crippen LogP contribution is 2.29. The second-order valence-corrected chi connectivity index (χ2v) is 5.26. The van der Waals surface area contributed by atoms with Crippen LogP contribution < -0.4 is 10.1 Å². The van der Waals surface area contributed by atoms with E-state index in [0.717, 1.165) is 5.56 Å². The Morgan fingerprint density at radius 2 is 2.09 bits per heavy atom. The van der Waals surface area contributed by atoms with Gasteiger partial charge in [-0.25, -0.2) is 0 Å². The van der Waals surface area contributed by atoms with Crippen LogP contribution in [0.25, 0.3) is 0 Å². The zero-order chi connectivity index (χ0) is 16.8. The fourth-order valence-corrected chi connectivity index (χ4v) is 2.28. The molecule has 23 heavy (non-hydrogen) atoms. The van der Waals surface area contributed by atoms with Gasteiger partial charge in [0.15, 0.2) is 0 Å². The molecular formula is C16H15ClN2O4. The molecule has 120 valence electrons. The quantitative estimate of drug-likeness (QED) is 0.643. The maximum atomic E-state index is 12.1. The number of nitrogens with one attached hydrogen (secondary N) is 1. The summed E-state index contributed by atoms with van der Waals surface area (Å²) in [4.78, 5) is 22.3. The third-order valence-electron chi connectivity index (χ3n) is 3.20. The molecule has 2 rings (SSSR count). The number of amides is 1. The average molecular weight is 335 g/mol. The van der Waals surface area contributed by atoms with E-state index < -0.39 is 4.92 Å². The van der Waals surface area contributed by atoms with Crippen molar-refractivity contribution in [3.8, 4) is 5.75 Å². The number of carbonyl (C=O) groups is 1. The number of nitrogens with zero attached hydrogens (tertiary/aromatic N) is 1. The van der Waals surface area contributed by atoms with Crippen LogP contribution >= 0.6 is 11.6 Å². The summed E-state index contributed by atoms with van der Waals surface area (Å²) in [6.07, 6.45) is 0.746. The van der Waals surface area contributed by atoms with Gasteiger partial charge in [-0.2, -0.15) is 0 Å². The SMILES string of the molecule is COc1ccc([N+](=O)[O-])cc1NC(=O)CCc1cccc(Cl)c1. The largest absolute Gasteiger partial charge is 0.495 e. The van der Waals surface area contributed by atoms with E-state index in [9.17, 15) is 14.9 Å². The van der Waals surface area contributed by atoms with Crippen molar-refractivity contribution in [3.05, 3.63) is 63.2 Å². The van der Waals surface area contributed by atoms with E-state index in [1.54, 1.807) is 12.1 Å². The number of hydrogen-bond donors (Lipinski definition) is 1. The van der Waals surface area contributed by atoms with Gasteiger partial charge in [0.05, 0.1) is 17.7 Å². The van der Waals surface area contributed by atoms with Crippen LogP contribution in [0.1, 0.15) is 12.0 Å². The normalized spacial score (nSPS) is 10.2. The molecule has 0 aliphatic carbocycles. The van der Waals surface area contributed by atoms with Gasteiger partial charge >= 0.3 is 0 Å². The van der Waals surface area contributed by atoms with Gasteiger partial charge in [-0.15, -0.1) is 0 Å². The lowest BCUT2D eigenvalue weighted by Crippen LogP contribution is -2.13. The van der Waals surface area contributed by atoms with Crippen molar-refractivity contribution in [1.82, 2.24) is 0 Å². The molecule has 0 unspecified atom stereocenters. The van der Waals surface area contributed by atoms with Gasteiger partial charge in [0.1, 0.15) is 5.75 Å². The summed E-state index contributed by atoms with van der Waals surface area (Å²) in [5.74, 6) is 0.107. The zero-order valence-corrected chi connectivity index (χ0v) is 13.2. The van der Waals surface area contributed by atoms with Crippen molar-refractivity contribution < 1.29 is 14.5 Å². The van der Waals surface area contributed by atoms with Gasteiger partial charge in [0, 0.05) is 23.6 Å². The van der Waals surface area contributed by atoms with E-state index >= 15 is 0 Å². The molecule has 0 aliphatic rings. The number of ether oxygens (including phenoxy) is 1. The van der Waals surface area contributed by atoms with Crippen molar-refractivity contribution in [2.75, 3.05) is 12.4 Å².